The first kappa shape index (κ1) is 11.2. The fourth-order valence-electron chi connectivity index (χ4n) is 1.60. The van der Waals surface area contributed by atoms with Crippen molar-refractivity contribution in [1.82, 2.24) is 0 Å². The first-order chi connectivity index (χ1) is 6.32. The molecule has 0 atom stereocenters. The lowest BCUT2D eigenvalue weighted by atomic mass is 9.95. The zero-order valence-corrected chi connectivity index (χ0v) is 9.07. The Morgan fingerprint density at radius 1 is 1.21 bits per heavy atom. The molecule has 14 heavy (non-hydrogen) atoms. The number of rotatable bonds is 2. The maximum Gasteiger partial charge on any atom is 0.270 e. The van der Waals surface area contributed by atoms with E-state index < -0.39 is 5.92 Å². The minimum absolute atomic E-state index is 0.0967. The highest BCUT2D eigenvalue weighted by Crippen LogP contribution is 2.30. The van der Waals surface area contributed by atoms with Gasteiger partial charge in [-0.2, -0.15) is 0 Å². The third-order valence-electron chi connectivity index (χ3n) is 2.40. The molecule has 0 nitrogen and oxygen atoms in total. The van der Waals surface area contributed by atoms with Crippen molar-refractivity contribution in [3.05, 3.63) is 34.9 Å². The van der Waals surface area contributed by atoms with E-state index in [2.05, 4.69) is 13.8 Å². The van der Waals surface area contributed by atoms with Gasteiger partial charge in [-0.1, -0.05) is 26.0 Å². The predicted molar refractivity (Wildman–Crippen MR) is 54.8 cm³/mol. The van der Waals surface area contributed by atoms with Gasteiger partial charge in [-0.25, -0.2) is 8.78 Å². The number of hydrogen-bond donors (Lipinski definition) is 0. The summed E-state index contributed by atoms with van der Waals surface area (Å²) in [5.41, 5.74) is 2.18. The maximum atomic E-state index is 13.0. The Balaban J connectivity index is 3.13. The Bertz CT molecular complexity index is 322. The van der Waals surface area contributed by atoms with Crippen LogP contribution in [0.25, 0.3) is 0 Å². The number of aryl methyl sites for hydroxylation is 1. The molecule has 0 saturated carbocycles. The van der Waals surface area contributed by atoms with Crippen LogP contribution in [0.4, 0.5) is 8.78 Å². The number of alkyl halides is 2. The summed E-state index contributed by atoms with van der Waals surface area (Å²) in [5, 5.41) is 0. The van der Waals surface area contributed by atoms with Crippen LogP contribution in [0.2, 0.25) is 0 Å². The Hall–Kier alpha value is -0.920. The van der Waals surface area contributed by atoms with Gasteiger partial charge < -0.3 is 0 Å². The molecule has 0 radical (unpaired) electrons. The summed E-state index contributed by atoms with van der Waals surface area (Å²) in [5.74, 6) is -2.35. The van der Waals surface area contributed by atoms with Gasteiger partial charge in [0, 0.05) is 12.5 Å². The summed E-state index contributed by atoms with van der Waals surface area (Å²) >= 11 is 0. The van der Waals surface area contributed by atoms with Gasteiger partial charge in [0.05, 0.1) is 0 Å². The van der Waals surface area contributed by atoms with Crippen molar-refractivity contribution in [1.29, 1.82) is 0 Å². The summed E-state index contributed by atoms with van der Waals surface area (Å²) < 4.78 is 25.9. The van der Waals surface area contributed by atoms with Crippen LogP contribution in [0.5, 0.6) is 0 Å². The molecule has 2 heteroatoms. The lowest BCUT2D eigenvalue weighted by Gasteiger charge is -2.15. The van der Waals surface area contributed by atoms with Gasteiger partial charge in [0.15, 0.2) is 0 Å². The number of benzene rings is 1. The molecule has 0 aromatic heterocycles. The summed E-state index contributed by atoms with van der Waals surface area (Å²) in [6, 6.07) is 4.89. The highest BCUT2D eigenvalue weighted by molar-refractivity contribution is 5.34. The summed E-state index contributed by atoms with van der Waals surface area (Å²) in [6.07, 6.45) is 0. The third kappa shape index (κ3) is 2.31. The molecule has 0 aliphatic heterocycles. The topological polar surface area (TPSA) is 0 Å². The van der Waals surface area contributed by atoms with Gasteiger partial charge in [0.25, 0.3) is 5.92 Å². The fraction of sp³-hybridized carbons (Fsp3) is 0.500. The molecule has 0 amide bonds. The molecule has 0 unspecified atom stereocenters. The van der Waals surface area contributed by atoms with Crippen LogP contribution in [-0.4, -0.2) is 0 Å². The smallest absolute Gasteiger partial charge is 0.202 e. The summed E-state index contributed by atoms with van der Waals surface area (Å²) in [7, 11) is 0. The molecule has 0 N–H and O–H groups in total. The molecule has 78 valence electrons. The van der Waals surface area contributed by atoms with Gasteiger partial charge in [-0.3, -0.25) is 0 Å². The highest BCUT2D eigenvalue weighted by atomic mass is 19.3. The van der Waals surface area contributed by atoms with Crippen molar-refractivity contribution in [3.8, 4) is 0 Å². The predicted octanol–water partition coefficient (Wildman–Crippen LogP) is 4.23. The third-order valence-corrected chi connectivity index (χ3v) is 2.40. The van der Waals surface area contributed by atoms with Crippen LogP contribution in [-0.2, 0) is 5.92 Å². The van der Waals surface area contributed by atoms with Crippen molar-refractivity contribution >= 4 is 0 Å². The van der Waals surface area contributed by atoms with E-state index in [4.69, 9.17) is 0 Å². The van der Waals surface area contributed by atoms with Gasteiger partial charge in [-0.05, 0) is 30.0 Å². The van der Waals surface area contributed by atoms with Crippen LogP contribution >= 0.6 is 0 Å². The van der Waals surface area contributed by atoms with Crippen molar-refractivity contribution in [2.75, 3.05) is 0 Å². The van der Waals surface area contributed by atoms with Crippen molar-refractivity contribution in [3.63, 3.8) is 0 Å². The second-order valence-corrected chi connectivity index (χ2v) is 4.11. The van der Waals surface area contributed by atoms with E-state index in [1.165, 1.54) is 6.07 Å². The molecular weight excluding hydrogens is 182 g/mol. The second kappa shape index (κ2) is 3.68. The van der Waals surface area contributed by atoms with Gasteiger partial charge in [-0.15, -0.1) is 0 Å². The van der Waals surface area contributed by atoms with Crippen molar-refractivity contribution in [2.45, 2.75) is 39.5 Å². The highest BCUT2D eigenvalue weighted by Gasteiger charge is 2.24. The maximum absolute atomic E-state index is 13.0. The molecule has 0 heterocycles. The summed E-state index contributed by atoms with van der Waals surface area (Å²) in [6.45, 7) is 6.93. The minimum Gasteiger partial charge on any atom is -0.202 e. The molecule has 0 bridgehead atoms. The van der Waals surface area contributed by atoms with E-state index in [0.29, 0.717) is 5.92 Å². The normalized spacial score (nSPS) is 12.2. The Kier molecular flexibility index (Phi) is 2.93. The zero-order valence-electron chi connectivity index (χ0n) is 9.07. The van der Waals surface area contributed by atoms with Crippen LogP contribution < -0.4 is 0 Å². The molecular formula is C12H16F2. The minimum atomic E-state index is -2.74. The van der Waals surface area contributed by atoms with E-state index in [-0.39, 0.29) is 5.56 Å². The first-order valence-electron chi connectivity index (χ1n) is 4.81. The van der Waals surface area contributed by atoms with E-state index >= 15 is 0 Å². The molecule has 0 spiro atoms. The molecule has 1 rings (SSSR count). The average Bonchev–Trinajstić information content (AvgIpc) is 2.01. The van der Waals surface area contributed by atoms with Crippen molar-refractivity contribution in [2.24, 2.45) is 0 Å². The van der Waals surface area contributed by atoms with Crippen molar-refractivity contribution < 1.29 is 8.78 Å². The molecule has 0 fully saturated rings. The molecule has 0 saturated heterocycles. The molecule has 1 aromatic rings. The second-order valence-electron chi connectivity index (χ2n) is 4.11. The molecule has 0 aliphatic rings. The molecule has 0 aliphatic carbocycles. The standard InChI is InChI=1S/C12H16F2/c1-8(2)11-6-5-10(7-9(11)3)12(4,13)14/h5-8H,1-4H3. The van der Waals surface area contributed by atoms with Crippen LogP contribution in [0.3, 0.4) is 0 Å². The SMILES string of the molecule is Cc1cc(C(C)(F)F)ccc1C(C)C. The molecule has 1 aromatic carbocycles. The number of hydrogen-bond acceptors (Lipinski definition) is 0. The van der Waals surface area contributed by atoms with Crippen LogP contribution in [0.15, 0.2) is 18.2 Å². The van der Waals surface area contributed by atoms with E-state index in [9.17, 15) is 8.78 Å². The van der Waals surface area contributed by atoms with Gasteiger partial charge >= 0.3 is 0 Å². The lowest BCUT2D eigenvalue weighted by molar-refractivity contribution is 0.0174. The number of halogens is 2. The quantitative estimate of drug-likeness (QED) is 0.667. The van der Waals surface area contributed by atoms with E-state index in [1.54, 1.807) is 12.1 Å². The van der Waals surface area contributed by atoms with Gasteiger partial charge in [0.1, 0.15) is 0 Å². The monoisotopic (exact) mass is 198 g/mol. The van der Waals surface area contributed by atoms with E-state index in [1.807, 2.05) is 6.92 Å². The van der Waals surface area contributed by atoms with Crippen LogP contribution in [0.1, 0.15) is 43.4 Å². The van der Waals surface area contributed by atoms with Gasteiger partial charge in [0.2, 0.25) is 0 Å². The van der Waals surface area contributed by atoms with Crippen LogP contribution in [0, 0.1) is 6.92 Å². The Labute approximate surface area is 84.0 Å². The fourth-order valence-corrected chi connectivity index (χ4v) is 1.60. The van der Waals surface area contributed by atoms with E-state index in [0.717, 1.165) is 18.1 Å². The lowest BCUT2D eigenvalue weighted by Crippen LogP contribution is -2.08. The Morgan fingerprint density at radius 2 is 1.79 bits per heavy atom. The first-order valence-corrected chi connectivity index (χ1v) is 4.81. The average molecular weight is 198 g/mol. The summed E-state index contributed by atoms with van der Waals surface area (Å²) in [4.78, 5) is 0. The Morgan fingerprint density at radius 3 is 2.14 bits per heavy atom. The zero-order chi connectivity index (χ0) is 10.9. The largest absolute Gasteiger partial charge is 0.270 e.